The smallest absolute Gasteiger partial charge is 0.416 e. The maximum absolute atomic E-state index is 13.0. The number of ether oxygens (including phenoxy) is 1. The van der Waals surface area contributed by atoms with E-state index in [1.165, 1.54) is 28.2 Å². The maximum Gasteiger partial charge on any atom is 0.416 e. The lowest BCUT2D eigenvalue weighted by Crippen LogP contribution is -2.08. The zero-order valence-corrected chi connectivity index (χ0v) is 15.8. The van der Waals surface area contributed by atoms with Gasteiger partial charge in [-0.3, -0.25) is 0 Å². The highest BCUT2D eigenvalue weighted by Gasteiger charge is 2.31. The molecule has 4 rings (SSSR count). The molecular weight excluding hydrogens is 403 g/mol. The van der Waals surface area contributed by atoms with Gasteiger partial charge in [0, 0.05) is 10.9 Å². The van der Waals surface area contributed by atoms with Crippen LogP contribution in [0.4, 0.5) is 19.0 Å². The Bertz CT molecular complexity index is 1150. The topological polar surface area (TPSA) is 78.9 Å². The molecule has 0 saturated carbocycles. The number of nitrogens with two attached hydrogens (primary N) is 1. The molecule has 0 aliphatic rings. The number of nitrogen functional groups attached to an aromatic ring is 1. The summed E-state index contributed by atoms with van der Waals surface area (Å²) < 4.78 is 45.2. The van der Waals surface area contributed by atoms with E-state index in [-0.39, 0.29) is 11.5 Å². The average molecular weight is 417 g/mol. The van der Waals surface area contributed by atoms with Crippen LogP contribution in [0.2, 0.25) is 0 Å². The number of benzene rings is 2. The zero-order valence-electron chi connectivity index (χ0n) is 15.0. The number of halogens is 3. The van der Waals surface area contributed by atoms with E-state index in [0.717, 1.165) is 29.1 Å². The van der Waals surface area contributed by atoms with Gasteiger partial charge in [-0.05, 0) is 42.5 Å². The van der Waals surface area contributed by atoms with Gasteiger partial charge in [-0.25, -0.2) is 4.98 Å². The molecule has 0 amide bonds. The van der Waals surface area contributed by atoms with Gasteiger partial charge in [-0.2, -0.15) is 17.9 Å². The fourth-order valence-electron chi connectivity index (χ4n) is 2.72. The second-order valence-electron chi connectivity index (χ2n) is 6.05. The van der Waals surface area contributed by atoms with Crippen LogP contribution in [0.3, 0.4) is 0 Å². The Balaban J connectivity index is 1.67. The van der Waals surface area contributed by atoms with Crippen LogP contribution in [0.25, 0.3) is 27.6 Å². The molecule has 0 unspecified atom stereocenters. The van der Waals surface area contributed by atoms with Gasteiger partial charge in [0.05, 0.1) is 24.1 Å². The summed E-state index contributed by atoms with van der Waals surface area (Å²) in [5.41, 5.74) is 7.42. The van der Waals surface area contributed by atoms with E-state index in [2.05, 4.69) is 15.3 Å². The van der Waals surface area contributed by atoms with Crippen LogP contribution in [0, 0.1) is 0 Å². The van der Waals surface area contributed by atoms with Crippen LogP contribution in [-0.2, 0) is 6.18 Å². The maximum atomic E-state index is 13.0. The number of nitrogens with zero attached hydrogens (tertiary/aromatic N) is 4. The molecule has 2 aromatic heterocycles. The number of alkyl halides is 3. The van der Waals surface area contributed by atoms with E-state index >= 15 is 0 Å². The van der Waals surface area contributed by atoms with Crippen molar-refractivity contribution >= 4 is 17.2 Å². The van der Waals surface area contributed by atoms with Crippen LogP contribution in [0.5, 0.6) is 5.75 Å². The quantitative estimate of drug-likeness (QED) is 0.522. The van der Waals surface area contributed by atoms with Crippen molar-refractivity contribution in [3.05, 3.63) is 59.5 Å². The Hall–Kier alpha value is -3.40. The van der Waals surface area contributed by atoms with Crippen molar-refractivity contribution in [1.29, 1.82) is 0 Å². The minimum Gasteiger partial charge on any atom is -0.497 e. The van der Waals surface area contributed by atoms with Crippen LogP contribution < -0.4 is 10.5 Å². The van der Waals surface area contributed by atoms with Gasteiger partial charge in [0.25, 0.3) is 0 Å². The third-order valence-electron chi connectivity index (χ3n) is 4.22. The number of rotatable bonds is 4. The van der Waals surface area contributed by atoms with E-state index < -0.39 is 11.7 Å². The van der Waals surface area contributed by atoms with E-state index in [1.807, 2.05) is 29.6 Å². The molecule has 0 atom stereocenters. The highest BCUT2D eigenvalue weighted by atomic mass is 32.1. The minimum absolute atomic E-state index is 0.111. The van der Waals surface area contributed by atoms with Crippen molar-refractivity contribution < 1.29 is 17.9 Å². The monoisotopic (exact) mass is 417 g/mol. The molecule has 0 radical (unpaired) electrons. The third kappa shape index (κ3) is 3.66. The predicted octanol–water partition coefficient (Wildman–Crippen LogP) is 4.67. The highest BCUT2D eigenvalue weighted by Crippen LogP contribution is 2.34. The Morgan fingerprint density at radius 1 is 1.10 bits per heavy atom. The van der Waals surface area contributed by atoms with Crippen molar-refractivity contribution in [2.24, 2.45) is 0 Å². The SMILES string of the molecule is COc1ccc(-c2csc(-c3nnn(-c4cccc(C(F)(F)F)c4)c3N)n2)cc1. The fraction of sp³-hybridized carbons (Fsp3) is 0.105. The van der Waals surface area contributed by atoms with Crippen molar-refractivity contribution in [3.63, 3.8) is 0 Å². The molecular formula is C19H14F3N5OS. The number of aromatic nitrogens is 4. The first-order valence-corrected chi connectivity index (χ1v) is 9.24. The normalized spacial score (nSPS) is 11.6. The standard InChI is InChI=1S/C19H14F3N5OS/c1-28-14-7-5-11(6-8-14)15-10-29-18(24-15)16-17(23)27(26-25-16)13-4-2-3-12(9-13)19(20,21)22/h2-10H,23H2,1H3. The lowest BCUT2D eigenvalue weighted by atomic mass is 10.2. The zero-order chi connectivity index (χ0) is 20.6. The van der Waals surface area contributed by atoms with Crippen LogP contribution >= 0.6 is 11.3 Å². The van der Waals surface area contributed by atoms with Crippen LogP contribution in [0.1, 0.15) is 5.56 Å². The largest absolute Gasteiger partial charge is 0.497 e. The second-order valence-corrected chi connectivity index (χ2v) is 6.91. The number of hydrogen-bond donors (Lipinski definition) is 1. The summed E-state index contributed by atoms with van der Waals surface area (Å²) >= 11 is 1.32. The summed E-state index contributed by atoms with van der Waals surface area (Å²) in [4.78, 5) is 4.53. The Morgan fingerprint density at radius 2 is 1.86 bits per heavy atom. The lowest BCUT2D eigenvalue weighted by Gasteiger charge is -2.09. The van der Waals surface area contributed by atoms with Crippen molar-refractivity contribution in [2.45, 2.75) is 6.18 Å². The van der Waals surface area contributed by atoms with Gasteiger partial charge >= 0.3 is 6.18 Å². The van der Waals surface area contributed by atoms with Crippen molar-refractivity contribution in [3.8, 4) is 33.4 Å². The first-order valence-electron chi connectivity index (χ1n) is 8.36. The predicted molar refractivity (Wildman–Crippen MR) is 104 cm³/mol. The van der Waals surface area contributed by atoms with Gasteiger partial charge in [-0.1, -0.05) is 11.3 Å². The van der Waals surface area contributed by atoms with E-state index in [9.17, 15) is 13.2 Å². The minimum atomic E-state index is -4.46. The molecule has 2 heterocycles. The second kappa shape index (κ2) is 7.21. The molecule has 0 aliphatic heterocycles. The Morgan fingerprint density at radius 3 is 2.55 bits per heavy atom. The molecule has 29 heavy (non-hydrogen) atoms. The molecule has 0 spiro atoms. The molecule has 10 heteroatoms. The molecule has 148 valence electrons. The van der Waals surface area contributed by atoms with Crippen LogP contribution in [0.15, 0.2) is 53.9 Å². The number of methoxy groups -OCH3 is 1. The van der Waals surface area contributed by atoms with Gasteiger partial charge in [-0.15, -0.1) is 16.4 Å². The Labute approximate surface area is 167 Å². The van der Waals surface area contributed by atoms with E-state index in [0.29, 0.717) is 10.7 Å². The van der Waals surface area contributed by atoms with E-state index in [4.69, 9.17) is 10.5 Å². The summed E-state index contributed by atoms with van der Waals surface area (Å²) in [5.74, 6) is 0.845. The molecule has 0 bridgehead atoms. The van der Waals surface area contributed by atoms with E-state index in [1.54, 1.807) is 7.11 Å². The fourth-order valence-corrected chi connectivity index (χ4v) is 3.54. The lowest BCUT2D eigenvalue weighted by molar-refractivity contribution is -0.137. The summed E-state index contributed by atoms with van der Waals surface area (Å²) in [6.07, 6.45) is -4.46. The molecule has 6 nitrogen and oxygen atoms in total. The number of thiazole rings is 1. The summed E-state index contributed by atoms with van der Waals surface area (Å²) in [7, 11) is 1.59. The van der Waals surface area contributed by atoms with Crippen molar-refractivity contribution in [2.75, 3.05) is 12.8 Å². The molecule has 2 N–H and O–H groups in total. The van der Waals surface area contributed by atoms with Gasteiger partial charge in [0.15, 0.2) is 11.5 Å². The number of anilines is 1. The van der Waals surface area contributed by atoms with Crippen LogP contribution in [-0.4, -0.2) is 27.1 Å². The van der Waals surface area contributed by atoms with Gasteiger partial charge in [0.2, 0.25) is 0 Å². The molecule has 0 fully saturated rings. The Kier molecular flexibility index (Phi) is 4.71. The molecule has 4 aromatic rings. The first kappa shape index (κ1) is 18.9. The molecule has 0 aliphatic carbocycles. The van der Waals surface area contributed by atoms with Gasteiger partial charge in [0.1, 0.15) is 10.8 Å². The average Bonchev–Trinajstić information content (AvgIpc) is 3.34. The van der Waals surface area contributed by atoms with Gasteiger partial charge < -0.3 is 10.5 Å². The molecule has 2 aromatic carbocycles. The summed E-state index contributed by atoms with van der Waals surface area (Å²) in [6.45, 7) is 0. The number of hydrogen-bond acceptors (Lipinski definition) is 6. The van der Waals surface area contributed by atoms with Crippen molar-refractivity contribution in [1.82, 2.24) is 20.0 Å². The summed E-state index contributed by atoms with van der Waals surface area (Å²) in [6, 6.07) is 12.1. The highest BCUT2D eigenvalue weighted by molar-refractivity contribution is 7.13. The molecule has 0 saturated heterocycles. The summed E-state index contributed by atoms with van der Waals surface area (Å²) in [5, 5.41) is 10.3. The first-order chi connectivity index (χ1) is 13.9. The third-order valence-corrected chi connectivity index (χ3v) is 5.06.